The molecule has 0 spiro atoms. The minimum atomic E-state index is 1.08. The first-order valence-electron chi connectivity index (χ1n) is 5.58. The quantitative estimate of drug-likeness (QED) is 0.744. The van der Waals surface area contributed by atoms with Crippen LogP contribution < -0.4 is 10.2 Å². The fraction of sp³-hybridized carbons (Fsp3) is 0.538. The van der Waals surface area contributed by atoms with E-state index in [1.807, 2.05) is 7.05 Å². The van der Waals surface area contributed by atoms with Crippen LogP contribution in [-0.2, 0) is 0 Å². The van der Waals surface area contributed by atoms with Crippen molar-refractivity contribution >= 4 is 5.69 Å². The molecule has 0 bridgehead atoms. The van der Waals surface area contributed by atoms with E-state index in [4.69, 9.17) is 0 Å². The van der Waals surface area contributed by atoms with Crippen molar-refractivity contribution in [2.24, 2.45) is 0 Å². The summed E-state index contributed by atoms with van der Waals surface area (Å²) in [5, 5.41) is 3.17. The average Bonchev–Trinajstić information content (AvgIpc) is 2.22. The van der Waals surface area contributed by atoms with Gasteiger partial charge in [0.05, 0.1) is 0 Å². The molecule has 0 fully saturated rings. The maximum absolute atomic E-state index is 3.17. The van der Waals surface area contributed by atoms with Gasteiger partial charge in [-0.1, -0.05) is 6.07 Å². The molecule has 0 aliphatic rings. The van der Waals surface area contributed by atoms with E-state index in [9.17, 15) is 0 Å². The molecule has 1 aromatic rings. The van der Waals surface area contributed by atoms with Gasteiger partial charge in [-0.25, -0.2) is 0 Å². The minimum absolute atomic E-state index is 1.08. The van der Waals surface area contributed by atoms with Gasteiger partial charge in [0.2, 0.25) is 0 Å². The van der Waals surface area contributed by atoms with Crippen LogP contribution in [-0.4, -0.2) is 27.2 Å². The second-order valence-corrected chi connectivity index (χ2v) is 4.15. The van der Waals surface area contributed by atoms with Gasteiger partial charge < -0.3 is 10.2 Å². The summed E-state index contributed by atoms with van der Waals surface area (Å²) >= 11 is 0. The lowest BCUT2D eigenvalue weighted by atomic mass is 10.1. The summed E-state index contributed by atoms with van der Waals surface area (Å²) in [6.07, 6.45) is 1.18. The molecule has 0 saturated heterocycles. The van der Waals surface area contributed by atoms with Crippen LogP contribution in [0.25, 0.3) is 0 Å². The molecule has 1 aromatic carbocycles. The van der Waals surface area contributed by atoms with Gasteiger partial charge in [-0.15, -0.1) is 0 Å². The molecule has 1 N–H and O–H groups in total. The highest BCUT2D eigenvalue weighted by Gasteiger charge is 2.01. The molecule has 0 amide bonds. The summed E-state index contributed by atoms with van der Waals surface area (Å²) in [5.74, 6) is 0. The maximum atomic E-state index is 3.17. The van der Waals surface area contributed by atoms with E-state index in [1.54, 1.807) is 0 Å². The topological polar surface area (TPSA) is 15.3 Å². The molecule has 0 atom stereocenters. The highest BCUT2D eigenvalue weighted by Crippen LogP contribution is 2.17. The molecular formula is C13H22N2. The first-order valence-corrected chi connectivity index (χ1v) is 5.58. The van der Waals surface area contributed by atoms with E-state index in [0.29, 0.717) is 0 Å². The van der Waals surface area contributed by atoms with Gasteiger partial charge in [0.25, 0.3) is 0 Å². The van der Waals surface area contributed by atoms with Crippen LogP contribution in [0.1, 0.15) is 17.5 Å². The third-order valence-electron chi connectivity index (χ3n) is 2.85. The number of anilines is 1. The van der Waals surface area contributed by atoms with Crippen LogP contribution in [0.3, 0.4) is 0 Å². The smallest absolute Gasteiger partial charge is 0.0366 e. The van der Waals surface area contributed by atoms with Gasteiger partial charge in [-0.2, -0.15) is 0 Å². The number of hydrogen-bond donors (Lipinski definition) is 1. The van der Waals surface area contributed by atoms with E-state index in [1.165, 1.54) is 23.2 Å². The lowest BCUT2D eigenvalue weighted by molar-refractivity contribution is 0.713. The van der Waals surface area contributed by atoms with Crippen LogP contribution in [0.15, 0.2) is 18.2 Å². The summed E-state index contributed by atoms with van der Waals surface area (Å²) in [7, 11) is 4.15. The molecular weight excluding hydrogens is 184 g/mol. The van der Waals surface area contributed by atoms with E-state index >= 15 is 0 Å². The molecule has 84 valence electrons. The van der Waals surface area contributed by atoms with Crippen molar-refractivity contribution in [1.29, 1.82) is 0 Å². The van der Waals surface area contributed by atoms with Crippen molar-refractivity contribution in [2.45, 2.75) is 20.3 Å². The second kappa shape index (κ2) is 5.76. The SMILES string of the molecule is CNCCCN(C)c1ccc(C)c(C)c1. The summed E-state index contributed by atoms with van der Waals surface area (Å²) in [5.41, 5.74) is 4.05. The van der Waals surface area contributed by atoms with Crippen LogP contribution in [0.2, 0.25) is 0 Å². The minimum Gasteiger partial charge on any atom is -0.375 e. The van der Waals surface area contributed by atoms with Gasteiger partial charge in [-0.05, 0) is 57.1 Å². The number of hydrogen-bond acceptors (Lipinski definition) is 2. The third-order valence-corrected chi connectivity index (χ3v) is 2.85. The van der Waals surface area contributed by atoms with Crippen molar-refractivity contribution in [2.75, 3.05) is 32.1 Å². The number of aryl methyl sites for hydroxylation is 2. The number of nitrogens with one attached hydrogen (secondary N) is 1. The van der Waals surface area contributed by atoms with E-state index in [2.05, 4.69) is 49.3 Å². The zero-order valence-corrected chi connectivity index (χ0v) is 10.3. The lowest BCUT2D eigenvalue weighted by Gasteiger charge is -2.20. The van der Waals surface area contributed by atoms with Crippen LogP contribution in [0, 0.1) is 13.8 Å². The zero-order chi connectivity index (χ0) is 11.3. The Bertz CT molecular complexity index is 307. The molecule has 1 rings (SSSR count). The third kappa shape index (κ3) is 3.56. The fourth-order valence-electron chi connectivity index (χ4n) is 1.59. The Kier molecular flexibility index (Phi) is 4.63. The lowest BCUT2D eigenvalue weighted by Crippen LogP contribution is -2.22. The molecule has 0 aliphatic heterocycles. The summed E-state index contributed by atoms with van der Waals surface area (Å²) in [4.78, 5) is 2.31. The Morgan fingerprint density at radius 3 is 2.53 bits per heavy atom. The molecule has 2 nitrogen and oxygen atoms in total. The normalized spacial score (nSPS) is 10.4. The van der Waals surface area contributed by atoms with Gasteiger partial charge in [0, 0.05) is 19.3 Å². The summed E-state index contributed by atoms with van der Waals surface area (Å²) < 4.78 is 0. The van der Waals surface area contributed by atoms with Gasteiger partial charge in [0.1, 0.15) is 0 Å². The summed E-state index contributed by atoms with van der Waals surface area (Å²) in [6.45, 7) is 6.50. The molecule has 0 saturated carbocycles. The molecule has 0 radical (unpaired) electrons. The average molecular weight is 206 g/mol. The van der Waals surface area contributed by atoms with Gasteiger partial charge >= 0.3 is 0 Å². The van der Waals surface area contributed by atoms with Gasteiger partial charge in [0.15, 0.2) is 0 Å². The van der Waals surface area contributed by atoms with Crippen LogP contribution >= 0.6 is 0 Å². The van der Waals surface area contributed by atoms with Crippen molar-refractivity contribution in [3.63, 3.8) is 0 Å². The van der Waals surface area contributed by atoms with Gasteiger partial charge in [-0.3, -0.25) is 0 Å². The Labute approximate surface area is 93.3 Å². The fourth-order valence-corrected chi connectivity index (χ4v) is 1.59. The van der Waals surface area contributed by atoms with E-state index in [-0.39, 0.29) is 0 Å². The maximum Gasteiger partial charge on any atom is 0.0366 e. The molecule has 2 heteroatoms. The molecule has 0 unspecified atom stereocenters. The second-order valence-electron chi connectivity index (χ2n) is 4.15. The first-order chi connectivity index (χ1) is 7.15. The Morgan fingerprint density at radius 2 is 1.93 bits per heavy atom. The van der Waals surface area contributed by atoms with E-state index < -0.39 is 0 Å². The van der Waals surface area contributed by atoms with Crippen LogP contribution in [0.5, 0.6) is 0 Å². The highest BCUT2D eigenvalue weighted by atomic mass is 15.1. The summed E-state index contributed by atoms with van der Waals surface area (Å²) in [6, 6.07) is 6.65. The predicted octanol–water partition coefficient (Wildman–Crippen LogP) is 2.35. The first kappa shape index (κ1) is 12.1. The Hall–Kier alpha value is -1.02. The van der Waals surface area contributed by atoms with E-state index in [0.717, 1.165) is 13.1 Å². The molecule has 15 heavy (non-hydrogen) atoms. The monoisotopic (exact) mass is 206 g/mol. The number of rotatable bonds is 5. The molecule has 0 aliphatic carbocycles. The van der Waals surface area contributed by atoms with Crippen molar-refractivity contribution in [3.05, 3.63) is 29.3 Å². The van der Waals surface area contributed by atoms with Crippen molar-refractivity contribution < 1.29 is 0 Å². The Balaban J connectivity index is 2.57. The predicted molar refractivity (Wildman–Crippen MR) is 67.7 cm³/mol. The van der Waals surface area contributed by atoms with Crippen molar-refractivity contribution in [1.82, 2.24) is 5.32 Å². The zero-order valence-electron chi connectivity index (χ0n) is 10.3. The standard InChI is InChI=1S/C13H22N2/c1-11-6-7-13(10-12(11)2)15(4)9-5-8-14-3/h6-7,10,14H,5,8-9H2,1-4H3. The van der Waals surface area contributed by atoms with Crippen molar-refractivity contribution in [3.8, 4) is 0 Å². The highest BCUT2D eigenvalue weighted by molar-refractivity contribution is 5.49. The molecule has 0 aromatic heterocycles. The molecule has 0 heterocycles. The largest absolute Gasteiger partial charge is 0.375 e. The number of benzene rings is 1. The van der Waals surface area contributed by atoms with Crippen LogP contribution in [0.4, 0.5) is 5.69 Å². The number of nitrogens with zero attached hydrogens (tertiary/aromatic N) is 1. The Morgan fingerprint density at radius 1 is 1.20 bits per heavy atom.